The fourth-order valence-electron chi connectivity index (χ4n) is 2.31. The highest BCUT2D eigenvalue weighted by Gasteiger charge is 2.21. The maximum atomic E-state index is 14.2. The highest BCUT2D eigenvalue weighted by Crippen LogP contribution is 2.32. The molecule has 1 aliphatic rings. The predicted octanol–water partition coefficient (Wildman–Crippen LogP) is 4.24. The molecular formula is C17H19FN2S. The van der Waals surface area contributed by atoms with E-state index in [1.165, 1.54) is 30.7 Å². The van der Waals surface area contributed by atoms with Gasteiger partial charge in [-0.25, -0.2) is 9.37 Å². The Morgan fingerprint density at radius 3 is 2.81 bits per heavy atom. The topological polar surface area (TPSA) is 24.9 Å². The third-order valence-corrected chi connectivity index (χ3v) is 4.57. The Hall–Kier alpha value is -1.39. The first kappa shape index (κ1) is 14.5. The maximum Gasteiger partial charge on any atom is 0.137 e. The van der Waals surface area contributed by atoms with Gasteiger partial charge in [0.1, 0.15) is 10.8 Å². The van der Waals surface area contributed by atoms with Crippen LogP contribution in [0, 0.1) is 19.7 Å². The predicted molar refractivity (Wildman–Crippen MR) is 84.1 cm³/mol. The molecule has 0 saturated heterocycles. The van der Waals surface area contributed by atoms with Crippen molar-refractivity contribution in [2.75, 3.05) is 0 Å². The molecule has 1 aromatic heterocycles. The smallest absolute Gasteiger partial charge is 0.137 e. The zero-order valence-corrected chi connectivity index (χ0v) is 13.1. The molecule has 0 radical (unpaired) electrons. The van der Waals surface area contributed by atoms with E-state index in [9.17, 15) is 4.39 Å². The number of aryl methyl sites for hydroxylation is 2. The second-order valence-electron chi connectivity index (χ2n) is 5.61. The lowest BCUT2D eigenvalue weighted by molar-refractivity contribution is 0.589. The standard InChI is InChI=1S/C17H19FN2S/c1-11-8-12(2)20-16(9-11)21-17-13(4-3-5-15(17)18)10-19-14-6-7-14/h3-5,8-9,14,19H,6-7,10H2,1-2H3. The number of halogens is 1. The van der Waals surface area contributed by atoms with Gasteiger partial charge in [-0.2, -0.15) is 0 Å². The first-order valence-corrected chi connectivity index (χ1v) is 8.07. The van der Waals surface area contributed by atoms with Gasteiger partial charge in [0.15, 0.2) is 0 Å². The van der Waals surface area contributed by atoms with Crippen molar-refractivity contribution < 1.29 is 4.39 Å². The van der Waals surface area contributed by atoms with Crippen LogP contribution >= 0.6 is 11.8 Å². The molecule has 2 aromatic rings. The van der Waals surface area contributed by atoms with Crippen molar-refractivity contribution in [1.29, 1.82) is 0 Å². The van der Waals surface area contributed by atoms with E-state index >= 15 is 0 Å². The van der Waals surface area contributed by atoms with Crippen LogP contribution in [-0.4, -0.2) is 11.0 Å². The van der Waals surface area contributed by atoms with Crippen molar-refractivity contribution in [3.05, 3.63) is 53.0 Å². The van der Waals surface area contributed by atoms with Crippen LogP contribution in [0.15, 0.2) is 40.3 Å². The summed E-state index contributed by atoms with van der Waals surface area (Å²) in [6.45, 7) is 4.72. The fourth-order valence-corrected chi connectivity index (χ4v) is 3.39. The molecule has 21 heavy (non-hydrogen) atoms. The van der Waals surface area contributed by atoms with E-state index in [2.05, 4.69) is 10.3 Å². The largest absolute Gasteiger partial charge is 0.310 e. The number of hydrogen-bond donors (Lipinski definition) is 1. The Morgan fingerprint density at radius 1 is 1.29 bits per heavy atom. The maximum absolute atomic E-state index is 14.2. The van der Waals surface area contributed by atoms with Gasteiger partial charge in [0.05, 0.1) is 4.90 Å². The van der Waals surface area contributed by atoms with Crippen LogP contribution in [0.5, 0.6) is 0 Å². The average molecular weight is 302 g/mol. The molecule has 0 spiro atoms. The quantitative estimate of drug-likeness (QED) is 0.894. The molecule has 1 N–H and O–H groups in total. The number of nitrogens with one attached hydrogen (secondary N) is 1. The molecule has 2 nitrogen and oxygen atoms in total. The molecule has 0 unspecified atom stereocenters. The molecule has 0 bridgehead atoms. The zero-order chi connectivity index (χ0) is 14.8. The van der Waals surface area contributed by atoms with E-state index in [-0.39, 0.29) is 5.82 Å². The van der Waals surface area contributed by atoms with E-state index in [4.69, 9.17) is 0 Å². The highest BCUT2D eigenvalue weighted by atomic mass is 32.2. The van der Waals surface area contributed by atoms with Crippen molar-refractivity contribution in [2.45, 2.75) is 49.2 Å². The molecule has 1 saturated carbocycles. The van der Waals surface area contributed by atoms with Gasteiger partial charge in [-0.15, -0.1) is 0 Å². The van der Waals surface area contributed by atoms with E-state index in [0.29, 0.717) is 10.9 Å². The minimum absolute atomic E-state index is 0.170. The van der Waals surface area contributed by atoms with Crippen LogP contribution in [-0.2, 0) is 6.54 Å². The summed E-state index contributed by atoms with van der Waals surface area (Å²) in [4.78, 5) is 5.18. The lowest BCUT2D eigenvalue weighted by atomic mass is 10.2. The number of aromatic nitrogens is 1. The normalized spacial score (nSPS) is 14.4. The van der Waals surface area contributed by atoms with Gasteiger partial charge in [-0.05, 0) is 56.0 Å². The monoisotopic (exact) mass is 302 g/mol. The van der Waals surface area contributed by atoms with Crippen LogP contribution in [0.1, 0.15) is 29.7 Å². The second kappa shape index (κ2) is 6.16. The average Bonchev–Trinajstić information content (AvgIpc) is 3.22. The molecule has 0 amide bonds. The molecular weight excluding hydrogens is 283 g/mol. The Labute approximate surface area is 129 Å². The summed E-state index contributed by atoms with van der Waals surface area (Å²) in [6, 6.07) is 9.93. The van der Waals surface area contributed by atoms with E-state index in [1.54, 1.807) is 6.07 Å². The summed E-state index contributed by atoms with van der Waals surface area (Å²) in [5.74, 6) is -0.170. The molecule has 1 aromatic carbocycles. The molecule has 3 rings (SSSR count). The number of rotatable bonds is 5. The fraction of sp³-hybridized carbons (Fsp3) is 0.353. The third kappa shape index (κ3) is 3.83. The third-order valence-electron chi connectivity index (χ3n) is 3.49. The summed E-state index contributed by atoms with van der Waals surface area (Å²) >= 11 is 1.42. The Kier molecular flexibility index (Phi) is 4.27. The summed E-state index contributed by atoms with van der Waals surface area (Å²) in [7, 11) is 0. The molecule has 110 valence electrons. The van der Waals surface area contributed by atoms with Gasteiger partial charge in [0.2, 0.25) is 0 Å². The number of pyridine rings is 1. The molecule has 1 fully saturated rings. The van der Waals surface area contributed by atoms with Gasteiger partial charge in [-0.1, -0.05) is 23.9 Å². The van der Waals surface area contributed by atoms with Gasteiger partial charge >= 0.3 is 0 Å². The Bertz CT molecular complexity index is 633. The number of benzene rings is 1. The van der Waals surface area contributed by atoms with Crippen molar-refractivity contribution >= 4 is 11.8 Å². The lowest BCUT2D eigenvalue weighted by Gasteiger charge is -2.11. The first-order chi connectivity index (χ1) is 10.1. The summed E-state index contributed by atoms with van der Waals surface area (Å²) < 4.78 is 14.2. The van der Waals surface area contributed by atoms with Crippen LogP contribution in [0.4, 0.5) is 4.39 Å². The van der Waals surface area contributed by atoms with Crippen molar-refractivity contribution in [1.82, 2.24) is 10.3 Å². The summed E-state index contributed by atoms with van der Waals surface area (Å²) in [6.07, 6.45) is 2.47. The minimum atomic E-state index is -0.170. The van der Waals surface area contributed by atoms with Crippen LogP contribution < -0.4 is 5.32 Å². The highest BCUT2D eigenvalue weighted by molar-refractivity contribution is 7.99. The summed E-state index contributed by atoms with van der Waals surface area (Å²) in [5, 5.41) is 4.30. The SMILES string of the molecule is Cc1cc(C)nc(Sc2c(F)cccc2CNC2CC2)c1. The minimum Gasteiger partial charge on any atom is -0.310 e. The van der Waals surface area contributed by atoms with E-state index < -0.39 is 0 Å². The lowest BCUT2D eigenvalue weighted by Crippen LogP contribution is -2.16. The van der Waals surface area contributed by atoms with Crippen molar-refractivity contribution in [3.63, 3.8) is 0 Å². The van der Waals surface area contributed by atoms with Crippen LogP contribution in [0.25, 0.3) is 0 Å². The zero-order valence-electron chi connectivity index (χ0n) is 12.3. The number of hydrogen-bond acceptors (Lipinski definition) is 3. The number of nitrogens with zero attached hydrogens (tertiary/aromatic N) is 1. The van der Waals surface area contributed by atoms with Gasteiger partial charge in [0.25, 0.3) is 0 Å². The molecule has 4 heteroatoms. The Morgan fingerprint density at radius 2 is 2.10 bits per heavy atom. The van der Waals surface area contributed by atoms with E-state index in [1.807, 2.05) is 32.0 Å². The summed E-state index contributed by atoms with van der Waals surface area (Å²) in [5.41, 5.74) is 3.12. The Balaban J connectivity index is 1.85. The second-order valence-corrected chi connectivity index (χ2v) is 6.64. The molecule has 1 heterocycles. The van der Waals surface area contributed by atoms with Crippen LogP contribution in [0.3, 0.4) is 0 Å². The van der Waals surface area contributed by atoms with Crippen molar-refractivity contribution in [2.24, 2.45) is 0 Å². The van der Waals surface area contributed by atoms with Crippen LogP contribution in [0.2, 0.25) is 0 Å². The molecule has 1 aliphatic carbocycles. The van der Waals surface area contributed by atoms with Crippen molar-refractivity contribution in [3.8, 4) is 0 Å². The molecule has 0 aliphatic heterocycles. The van der Waals surface area contributed by atoms with Gasteiger partial charge in [-0.3, -0.25) is 0 Å². The van der Waals surface area contributed by atoms with E-state index in [0.717, 1.165) is 28.4 Å². The van der Waals surface area contributed by atoms with Gasteiger partial charge in [0, 0.05) is 18.3 Å². The first-order valence-electron chi connectivity index (χ1n) is 7.26. The molecule has 0 atom stereocenters. The van der Waals surface area contributed by atoms with Gasteiger partial charge < -0.3 is 5.32 Å².